The minimum atomic E-state index is -0.575. The van der Waals surface area contributed by atoms with E-state index in [0.29, 0.717) is 18.7 Å². The molecule has 5 heteroatoms. The Morgan fingerprint density at radius 2 is 1.94 bits per heavy atom. The summed E-state index contributed by atoms with van der Waals surface area (Å²) in [5.41, 5.74) is 0.117. The SMILES string of the molecule is CN(Cc1cccc(F)c1Cl)CC(C)(CO)CO. The van der Waals surface area contributed by atoms with Crippen LogP contribution in [0.25, 0.3) is 0 Å². The lowest BCUT2D eigenvalue weighted by atomic mass is 9.92. The van der Waals surface area contributed by atoms with E-state index in [4.69, 9.17) is 11.6 Å². The molecule has 0 aliphatic rings. The second-order valence-electron chi connectivity index (χ2n) is 5.01. The molecule has 0 aromatic heterocycles. The zero-order valence-corrected chi connectivity index (χ0v) is 11.4. The maximum Gasteiger partial charge on any atom is 0.142 e. The van der Waals surface area contributed by atoms with Crippen molar-refractivity contribution in [3.8, 4) is 0 Å². The molecule has 3 nitrogen and oxygen atoms in total. The van der Waals surface area contributed by atoms with Gasteiger partial charge in [0.1, 0.15) is 5.82 Å². The molecule has 0 atom stereocenters. The molecule has 0 bridgehead atoms. The summed E-state index contributed by atoms with van der Waals surface area (Å²) in [6, 6.07) is 4.69. The van der Waals surface area contributed by atoms with Gasteiger partial charge in [0.25, 0.3) is 0 Å². The third-order valence-corrected chi connectivity index (χ3v) is 3.31. The summed E-state index contributed by atoms with van der Waals surface area (Å²) >= 11 is 5.88. The highest BCUT2D eigenvalue weighted by Gasteiger charge is 2.24. The van der Waals surface area contributed by atoms with Gasteiger partial charge in [-0.3, -0.25) is 0 Å². The van der Waals surface area contributed by atoms with Crippen molar-refractivity contribution in [3.63, 3.8) is 0 Å². The fourth-order valence-electron chi connectivity index (χ4n) is 1.82. The van der Waals surface area contributed by atoms with Crippen molar-refractivity contribution in [1.82, 2.24) is 4.90 Å². The molecule has 1 rings (SSSR count). The molecule has 1 aromatic carbocycles. The van der Waals surface area contributed by atoms with E-state index in [-0.39, 0.29) is 18.2 Å². The molecule has 0 saturated heterocycles. The predicted molar refractivity (Wildman–Crippen MR) is 70.0 cm³/mol. The van der Waals surface area contributed by atoms with E-state index < -0.39 is 11.2 Å². The smallest absolute Gasteiger partial charge is 0.142 e. The van der Waals surface area contributed by atoms with Crippen LogP contribution in [0.1, 0.15) is 12.5 Å². The quantitative estimate of drug-likeness (QED) is 0.833. The number of hydrogen-bond acceptors (Lipinski definition) is 3. The van der Waals surface area contributed by atoms with E-state index in [1.807, 2.05) is 11.9 Å². The number of hydrogen-bond donors (Lipinski definition) is 2. The summed E-state index contributed by atoms with van der Waals surface area (Å²) < 4.78 is 13.3. The molecule has 0 unspecified atom stereocenters. The lowest BCUT2D eigenvalue weighted by molar-refractivity contribution is 0.0402. The van der Waals surface area contributed by atoms with Gasteiger partial charge in [0, 0.05) is 18.5 Å². The minimum absolute atomic E-state index is 0.106. The Hall–Kier alpha value is -0.680. The molecule has 1 aromatic rings. The fraction of sp³-hybridized carbons (Fsp3) is 0.538. The molecule has 18 heavy (non-hydrogen) atoms. The second kappa shape index (κ2) is 6.48. The number of halogens is 2. The van der Waals surface area contributed by atoms with E-state index in [2.05, 4.69) is 0 Å². The van der Waals surface area contributed by atoms with Crippen LogP contribution in [0.4, 0.5) is 4.39 Å². The summed E-state index contributed by atoms with van der Waals surface area (Å²) in [6.07, 6.45) is 0. The van der Waals surface area contributed by atoms with Gasteiger partial charge in [0.2, 0.25) is 0 Å². The van der Waals surface area contributed by atoms with E-state index in [9.17, 15) is 14.6 Å². The lowest BCUT2D eigenvalue weighted by Gasteiger charge is -2.30. The van der Waals surface area contributed by atoms with Gasteiger partial charge in [-0.25, -0.2) is 4.39 Å². The Bertz CT molecular complexity index is 397. The van der Waals surface area contributed by atoms with Crippen molar-refractivity contribution < 1.29 is 14.6 Å². The van der Waals surface area contributed by atoms with Crippen molar-refractivity contribution >= 4 is 11.6 Å². The van der Waals surface area contributed by atoms with Gasteiger partial charge in [-0.1, -0.05) is 30.7 Å². The third-order valence-electron chi connectivity index (χ3n) is 2.89. The number of benzene rings is 1. The Kier molecular flexibility index (Phi) is 5.53. The minimum Gasteiger partial charge on any atom is -0.396 e. The van der Waals surface area contributed by atoms with Crippen LogP contribution in [-0.4, -0.2) is 41.9 Å². The van der Waals surface area contributed by atoms with Gasteiger partial charge >= 0.3 is 0 Å². The van der Waals surface area contributed by atoms with Crippen LogP contribution in [0.5, 0.6) is 0 Å². The van der Waals surface area contributed by atoms with Crippen molar-refractivity contribution in [2.75, 3.05) is 26.8 Å². The van der Waals surface area contributed by atoms with Gasteiger partial charge in [-0.15, -0.1) is 0 Å². The molecule has 0 spiro atoms. The highest BCUT2D eigenvalue weighted by molar-refractivity contribution is 6.31. The number of rotatable bonds is 6. The molecule has 0 fully saturated rings. The van der Waals surface area contributed by atoms with Crippen LogP contribution in [-0.2, 0) is 6.54 Å². The Balaban J connectivity index is 2.70. The molecule has 0 radical (unpaired) electrons. The summed E-state index contributed by atoms with van der Waals surface area (Å²) in [4.78, 5) is 1.90. The predicted octanol–water partition coefficient (Wildman–Crippen LogP) is 1.90. The maximum atomic E-state index is 13.3. The first kappa shape index (κ1) is 15.4. The monoisotopic (exact) mass is 275 g/mol. The van der Waals surface area contributed by atoms with E-state index in [1.165, 1.54) is 6.07 Å². The van der Waals surface area contributed by atoms with Crippen LogP contribution >= 0.6 is 11.6 Å². The highest BCUT2D eigenvalue weighted by atomic mass is 35.5. The Morgan fingerprint density at radius 3 is 2.50 bits per heavy atom. The number of nitrogens with zero attached hydrogens (tertiary/aromatic N) is 1. The molecular formula is C13H19ClFNO2. The Morgan fingerprint density at radius 1 is 1.33 bits per heavy atom. The topological polar surface area (TPSA) is 43.7 Å². The van der Waals surface area contributed by atoms with Gasteiger partial charge in [-0.2, -0.15) is 0 Å². The highest BCUT2D eigenvalue weighted by Crippen LogP contribution is 2.22. The fourth-order valence-corrected chi connectivity index (χ4v) is 2.00. The molecule has 0 heterocycles. The summed E-state index contributed by atoms with van der Waals surface area (Å²) in [5, 5.41) is 18.6. The molecule has 102 valence electrons. The van der Waals surface area contributed by atoms with Crippen LogP contribution in [0.3, 0.4) is 0 Å². The summed E-state index contributed by atoms with van der Waals surface area (Å²) in [6.45, 7) is 2.53. The van der Waals surface area contributed by atoms with Crippen LogP contribution in [0.2, 0.25) is 5.02 Å². The molecule has 0 amide bonds. The van der Waals surface area contributed by atoms with E-state index >= 15 is 0 Å². The third kappa shape index (κ3) is 3.92. The van der Waals surface area contributed by atoms with Crippen molar-refractivity contribution in [1.29, 1.82) is 0 Å². The van der Waals surface area contributed by atoms with Crippen LogP contribution in [0, 0.1) is 11.2 Å². The lowest BCUT2D eigenvalue weighted by Crippen LogP contribution is -2.38. The molecule has 0 aliphatic heterocycles. The van der Waals surface area contributed by atoms with E-state index in [1.54, 1.807) is 19.1 Å². The molecular weight excluding hydrogens is 257 g/mol. The number of aliphatic hydroxyl groups excluding tert-OH is 2. The van der Waals surface area contributed by atoms with Crippen molar-refractivity contribution in [2.45, 2.75) is 13.5 Å². The molecule has 2 N–H and O–H groups in total. The Labute approximate surface area is 112 Å². The van der Waals surface area contributed by atoms with E-state index in [0.717, 1.165) is 0 Å². The van der Waals surface area contributed by atoms with Gasteiger partial charge in [0.05, 0.1) is 18.2 Å². The molecule has 0 saturated carbocycles. The standard InChI is InChI=1S/C13H19ClFNO2/c1-13(8-17,9-18)7-16(2)6-10-4-3-5-11(15)12(10)14/h3-5,17-18H,6-9H2,1-2H3. The zero-order valence-electron chi connectivity index (χ0n) is 10.7. The van der Waals surface area contributed by atoms with Gasteiger partial charge in [0.15, 0.2) is 0 Å². The second-order valence-corrected chi connectivity index (χ2v) is 5.39. The normalized spacial score (nSPS) is 12.2. The largest absolute Gasteiger partial charge is 0.396 e. The van der Waals surface area contributed by atoms with Crippen molar-refractivity contribution in [2.24, 2.45) is 5.41 Å². The van der Waals surface area contributed by atoms with Gasteiger partial charge < -0.3 is 15.1 Å². The first-order valence-electron chi connectivity index (χ1n) is 5.75. The zero-order chi connectivity index (χ0) is 13.8. The average Bonchev–Trinajstić information content (AvgIpc) is 2.34. The first-order chi connectivity index (χ1) is 8.41. The van der Waals surface area contributed by atoms with Crippen LogP contribution in [0.15, 0.2) is 18.2 Å². The summed E-state index contributed by atoms with van der Waals surface area (Å²) in [7, 11) is 1.84. The maximum absolute atomic E-state index is 13.3. The van der Waals surface area contributed by atoms with Gasteiger partial charge in [-0.05, 0) is 18.7 Å². The van der Waals surface area contributed by atoms with Crippen molar-refractivity contribution in [3.05, 3.63) is 34.6 Å². The first-order valence-corrected chi connectivity index (χ1v) is 6.13. The average molecular weight is 276 g/mol. The molecule has 0 aliphatic carbocycles. The summed E-state index contributed by atoms with van der Waals surface area (Å²) in [5.74, 6) is -0.436. The van der Waals surface area contributed by atoms with Crippen LogP contribution < -0.4 is 0 Å². The number of aliphatic hydroxyl groups is 2.